The van der Waals surface area contributed by atoms with Gasteiger partial charge in [-0.25, -0.2) is 4.39 Å². The van der Waals surface area contributed by atoms with Crippen molar-refractivity contribution in [2.24, 2.45) is 0 Å². The Labute approximate surface area is 199 Å². The normalized spacial score (nSPS) is 15.9. The summed E-state index contributed by atoms with van der Waals surface area (Å²) in [4.78, 5) is 26.8. The number of benzene rings is 3. The smallest absolute Gasteiger partial charge is 0.261 e. The number of rotatable bonds is 6. The van der Waals surface area contributed by atoms with Crippen molar-refractivity contribution >= 4 is 11.8 Å². The van der Waals surface area contributed by atoms with E-state index in [-0.39, 0.29) is 17.6 Å². The summed E-state index contributed by atoms with van der Waals surface area (Å²) in [6, 6.07) is 19.6. The molecule has 0 fully saturated rings. The van der Waals surface area contributed by atoms with E-state index in [2.05, 4.69) is 5.32 Å². The Kier molecular flexibility index (Phi) is 6.96. The third-order valence-corrected chi connectivity index (χ3v) is 6.15. The first-order chi connectivity index (χ1) is 16.3. The Hall–Kier alpha value is -3.67. The summed E-state index contributed by atoms with van der Waals surface area (Å²) in [6.07, 6.45) is -0.00365. The number of halogens is 1. The molecule has 0 saturated carbocycles. The fraction of sp³-hybridized carbons (Fsp3) is 0.286. The Morgan fingerprint density at radius 3 is 2.65 bits per heavy atom. The van der Waals surface area contributed by atoms with Gasteiger partial charge in [0.2, 0.25) is 5.91 Å². The molecule has 34 heavy (non-hydrogen) atoms. The molecule has 0 spiro atoms. The van der Waals surface area contributed by atoms with Crippen LogP contribution in [0.15, 0.2) is 66.7 Å². The van der Waals surface area contributed by atoms with E-state index in [4.69, 9.17) is 4.74 Å². The van der Waals surface area contributed by atoms with Gasteiger partial charge in [-0.3, -0.25) is 9.59 Å². The van der Waals surface area contributed by atoms with E-state index < -0.39 is 12.1 Å². The molecule has 0 aromatic heterocycles. The second-order valence-electron chi connectivity index (χ2n) is 8.75. The first-order valence-electron chi connectivity index (χ1n) is 11.5. The van der Waals surface area contributed by atoms with Gasteiger partial charge in [0.25, 0.3) is 5.91 Å². The maximum absolute atomic E-state index is 14.0. The van der Waals surface area contributed by atoms with Gasteiger partial charge in [-0.1, -0.05) is 48.0 Å². The summed E-state index contributed by atoms with van der Waals surface area (Å²) in [6.45, 7) is 6.22. The highest BCUT2D eigenvalue weighted by Gasteiger charge is 2.31. The first-order valence-corrected chi connectivity index (χ1v) is 11.5. The van der Waals surface area contributed by atoms with E-state index in [1.54, 1.807) is 17.9 Å². The maximum atomic E-state index is 14.0. The topological polar surface area (TPSA) is 58.6 Å². The van der Waals surface area contributed by atoms with Crippen molar-refractivity contribution in [3.8, 4) is 5.75 Å². The van der Waals surface area contributed by atoms with Crippen LogP contribution in [0.2, 0.25) is 0 Å². The lowest BCUT2D eigenvalue weighted by Crippen LogP contribution is -2.39. The fourth-order valence-corrected chi connectivity index (χ4v) is 4.45. The zero-order chi connectivity index (χ0) is 24.2. The zero-order valence-electron chi connectivity index (χ0n) is 19.7. The number of nitrogens with one attached hydrogen (secondary N) is 1. The Morgan fingerprint density at radius 1 is 1.12 bits per heavy atom. The van der Waals surface area contributed by atoms with Gasteiger partial charge in [0.15, 0.2) is 6.10 Å². The highest BCUT2D eigenvalue weighted by atomic mass is 19.1. The van der Waals surface area contributed by atoms with Crippen molar-refractivity contribution in [3.63, 3.8) is 0 Å². The number of fused-ring (bicyclic) bond motifs is 1. The van der Waals surface area contributed by atoms with Crippen molar-refractivity contribution < 1.29 is 18.7 Å². The number of nitrogens with zero attached hydrogens (tertiary/aromatic N) is 1. The van der Waals surface area contributed by atoms with E-state index in [1.165, 1.54) is 19.1 Å². The van der Waals surface area contributed by atoms with Crippen molar-refractivity contribution in [2.75, 3.05) is 6.54 Å². The number of hydrogen-bond acceptors (Lipinski definition) is 3. The van der Waals surface area contributed by atoms with Gasteiger partial charge in [0.1, 0.15) is 11.6 Å². The van der Waals surface area contributed by atoms with E-state index >= 15 is 0 Å². The van der Waals surface area contributed by atoms with Crippen LogP contribution in [-0.2, 0) is 22.6 Å². The summed E-state index contributed by atoms with van der Waals surface area (Å²) in [7, 11) is 0. The van der Waals surface area contributed by atoms with Crippen LogP contribution in [0.3, 0.4) is 0 Å². The van der Waals surface area contributed by atoms with Crippen molar-refractivity contribution in [3.05, 3.63) is 100 Å². The molecule has 3 aromatic carbocycles. The summed E-state index contributed by atoms with van der Waals surface area (Å²) in [5.74, 6) is -0.107. The molecule has 1 aliphatic rings. The van der Waals surface area contributed by atoms with Gasteiger partial charge >= 0.3 is 0 Å². The predicted molar refractivity (Wildman–Crippen MR) is 129 cm³/mol. The zero-order valence-corrected chi connectivity index (χ0v) is 19.7. The standard InChI is InChI=1S/C28H29FN2O3/c1-18-6-4-7-21(14-18)17-30-28(33)19(2)34-25-11-10-22-12-13-31(20(3)32)27(26(22)16-25)23-8-5-9-24(29)15-23/h4-11,14-16,19,27H,12-13,17H2,1-3H3,(H,30,33). The third-order valence-electron chi connectivity index (χ3n) is 6.15. The van der Waals surface area contributed by atoms with Crippen molar-refractivity contribution in [1.29, 1.82) is 0 Å². The first kappa shape index (κ1) is 23.5. The van der Waals surface area contributed by atoms with Gasteiger partial charge in [-0.2, -0.15) is 0 Å². The van der Waals surface area contributed by atoms with Gasteiger partial charge in [-0.15, -0.1) is 0 Å². The Morgan fingerprint density at radius 2 is 1.91 bits per heavy atom. The van der Waals surface area contributed by atoms with Crippen LogP contribution in [0.25, 0.3) is 0 Å². The third kappa shape index (κ3) is 5.28. The SMILES string of the molecule is CC(=O)N1CCc2ccc(OC(C)C(=O)NCc3cccc(C)c3)cc2C1c1cccc(F)c1. The fourth-order valence-electron chi connectivity index (χ4n) is 4.45. The molecule has 4 rings (SSSR count). The molecule has 2 amide bonds. The van der Waals surface area contributed by atoms with Crippen LogP contribution in [0.1, 0.15) is 47.7 Å². The van der Waals surface area contributed by atoms with Crippen LogP contribution < -0.4 is 10.1 Å². The molecule has 0 aliphatic carbocycles. The van der Waals surface area contributed by atoms with E-state index in [9.17, 15) is 14.0 Å². The number of amides is 2. The quantitative estimate of drug-likeness (QED) is 0.580. The van der Waals surface area contributed by atoms with Crippen molar-refractivity contribution in [1.82, 2.24) is 10.2 Å². The summed E-state index contributed by atoms with van der Waals surface area (Å²) >= 11 is 0. The van der Waals surface area contributed by atoms with Gasteiger partial charge in [0, 0.05) is 20.0 Å². The molecule has 1 N–H and O–H groups in total. The number of ether oxygens (including phenoxy) is 1. The minimum atomic E-state index is -0.706. The molecule has 1 heterocycles. The molecule has 6 heteroatoms. The van der Waals surface area contributed by atoms with Crippen LogP contribution in [0, 0.1) is 12.7 Å². The molecule has 176 valence electrons. The molecule has 0 bridgehead atoms. The van der Waals surface area contributed by atoms with Gasteiger partial charge in [-0.05, 0) is 66.8 Å². The lowest BCUT2D eigenvalue weighted by molar-refractivity contribution is -0.131. The van der Waals surface area contributed by atoms with E-state index in [0.717, 1.165) is 22.3 Å². The predicted octanol–water partition coefficient (Wildman–Crippen LogP) is 4.71. The summed E-state index contributed by atoms with van der Waals surface area (Å²) in [5, 5.41) is 2.91. The monoisotopic (exact) mass is 460 g/mol. The highest BCUT2D eigenvalue weighted by Crippen LogP contribution is 2.37. The Balaban J connectivity index is 1.53. The number of carbonyl (C=O) groups excluding carboxylic acids is 2. The van der Waals surface area contributed by atoms with Crippen LogP contribution in [0.4, 0.5) is 4.39 Å². The lowest BCUT2D eigenvalue weighted by atomic mass is 9.88. The molecule has 1 aliphatic heterocycles. The van der Waals surface area contributed by atoms with Crippen molar-refractivity contribution in [2.45, 2.75) is 45.9 Å². The van der Waals surface area contributed by atoms with E-state index in [1.807, 2.05) is 55.5 Å². The number of aryl methyl sites for hydroxylation is 1. The number of carbonyl (C=O) groups is 2. The minimum absolute atomic E-state index is 0.0740. The maximum Gasteiger partial charge on any atom is 0.261 e. The molecular formula is C28H29FN2O3. The lowest BCUT2D eigenvalue weighted by Gasteiger charge is -2.37. The number of hydrogen-bond donors (Lipinski definition) is 1. The molecule has 2 atom stereocenters. The summed E-state index contributed by atoms with van der Waals surface area (Å²) in [5.41, 5.74) is 4.83. The van der Waals surface area contributed by atoms with Gasteiger partial charge in [0.05, 0.1) is 6.04 Å². The molecular weight excluding hydrogens is 431 g/mol. The molecule has 0 radical (unpaired) electrons. The molecule has 5 nitrogen and oxygen atoms in total. The van der Waals surface area contributed by atoms with E-state index in [0.29, 0.717) is 30.8 Å². The Bertz CT molecular complexity index is 1210. The average Bonchev–Trinajstić information content (AvgIpc) is 2.81. The molecule has 0 saturated heterocycles. The average molecular weight is 461 g/mol. The van der Waals surface area contributed by atoms with Crippen LogP contribution in [-0.4, -0.2) is 29.4 Å². The second kappa shape index (κ2) is 10.1. The largest absolute Gasteiger partial charge is 0.481 e. The highest BCUT2D eigenvalue weighted by molar-refractivity contribution is 5.80. The second-order valence-corrected chi connectivity index (χ2v) is 8.75. The van der Waals surface area contributed by atoms with Gasteiger partial charge < -0.3 is 15.0 Å². The molecule has 3 aromatic rings. The molecule has 2 unspecified atom stereocenters. The summed E-state index contributed by atoms with van der Waals surface area (Å²) < 4.78 is 20.0. The minimum Gasteiger partial charge on any atom is -0.481 e. The van der Waals surface area contributed by atoms with Crippen LogP contribution in [0.5, 0.6) is 5.75 Å². The van der Waals surface area contributed by atoms with Crippen LogP contribution >= 0.6 is 0 Å².